The van der Waals surface area contributed by atoms with Crippen LogP contribution in [0.1, 0.15) is 35.4 Å². The number of carbonyl (C=O) groups excluding carboxylic acids is 1. The molecule has 4 aromatic rings. The second-order valence-corrected chi connectivity index (χ2v) is 7.84. The lowest BCUT2D eigenvalue weighted by atomic mass is 10.0. The molecular weight excluding hydrogens is 434 g/mol. The number of carbonyl (C=O) groups is 2. The predicted octanol–water partition coefficient (Wildman–Crippen LogP) is 3.58. The first-order chi connectivity index (χ1) is 16.4. The molecule has 2 aromatic carbocycles. The lowest BCUT2D eigenvalue weighted by Gasteiger charge is -2.21. The number of hydrogen-bond donors (Lipinski definition) is 3. The van der Waals surface area contributed by atoms with Crippen LogP contribution in [0.4, 0.5) is 0 Å². The van der Waals surface area contributed by atoms with Gasteiger partial charge in [0.2, 0.25) is 0 Å². The van der Waals surface area contributed by atoms with Gasteiger partial charge in [-0.25, -0.2) is 4.98 Å². The lowest BCUT2D eigenvalue weighted by molar-refractivity contribution is -0.136. The van der Waals surface area contributed by atoms with E-state index >= 15 is 0 Å². The van der Waals surface area contributed by atoms with Crippen LogP contribution in [-0.4, -0.2) is 38.2 Å². The molecule has 2 aromatic heterocycles. The van der Waals surface area contributed by atoms with Crippen LogP contribution in [0, 0.1) is 0 Å². The van der Waals surface area contributed by atoms with Crippen molar-refractivity contribution in [3.05, 3.63) is 94.5 Å². The minimum atomic E-state index is -1.05. The molecule has 4 rings (SSSR count). The second-order valence-electron chi connectivity index (χ2n) is 7.84. The smallest absolute Gasteiger partial charge is 0.305 e. The zero-order valence-corrected chi connectivity index (χ0v) is 18.4. The number of carboxylic acid groups (broad SMARTS) is 1. The van der Waals surface area contributed by atoms with Crippen molar-refractivity contribution in [3.63, 3.8) is 0 Å². The summed E-state index contributed by atoms with van der Waals surface area (Å²) in [5, 5.41) is 22.5. The van der Waals surface area contributed by atoms with E-state index in [-0.39, 0.29) is 36.0 Å². The number of aromatic hydroxyl groups is 1. The summed E-state index contributed by atoms with van der Waals surface area (Å²) in [6, 6.07) is 19.8. The van der Waals surface area contributed by atoms with Crippen LogP contribution in [0.25, 0.3) is 22.0 Å². The van der Waals surface area contributed by atoms with Crippen molar-refractivity contribution < 1.29 is 19.8 Å². The van der Waals surface area contributed by atoms with Crippen LogP contribution < -0.4 is 10.9 Å². The Balaban J connectivity index is 1.92. The zero-order chi connectivity index (χ0) is 24.2. The highest BCUT2D eigenvalue weighted by Gasteiger charge is 2.22. The molecule has 0 saturated heterocycles. The first-order valence-electron chi connectivity index (χ1n) is 10.8. The van der Waals surface area contributed by atoms with Crippen molar-refractivity contribution in [1.82, 2.24) is 14.9 Å². The quantitative estimate of drug-likeness (QED) is 0.390. The average molecular weight is 457 g/mol. The average Bonchev–Trinajstić information content (AvgIpc) is 2.84. The van der Waals surface area contributed by atoms with Gasteiger partial charge in [-0.05, 0) is 24.1 Å². The molecule has 34 heavy (non-hydrogen) atoms. The standard InChI is InChI=1S/C26H23N3O5/c1-16(17-8-4-2-5-9-17)29-21-15-28-23(25(33)27-13-12-22(30)31)24(32)20(21)14-19(26(29)34)18-10-6-3-7-11-18/h2-11,14-16,32H,12-13H2,1H3,(H,27,33)(H,30,31). The summed E-state index contributed by atoms with van der Waals surface area (Å²) >= 11 is 0. The predicted molar refractivity (Wildman–Crippen MR) is 128 cm³/mol. The molecular formula is C26H23N3O5. The molecule has 0 saturated carbocycles. The van der Waals surface area contributed by atoms with Gasteiger partial charge in [0.25, 0.3) is 11.5 Å². The molecule has 0 fully saturated rings. The van der Waals surface area contributed by atoms with Crippen molar-refractivity contribution in [1.29, 1.82) is 0 Å². The largest absolute Gasteiger partial charge is 0.505 e. The Hall–Kier alpha value is -4.46. The highest BCUT2D eigenvalue weighted by Crippen LogP contribution is 2.32. The Bertz CT molecular complexity index is 1420. The molecule has 1 amide bonds. The third-order valence-corrected chi connectivity index (χ3v) is 5.66. The van der Waals surface area contributed by atoms with Crippen LogP contribution in [-0.2, 0) is 4.79 Å². The fourth-order valence-electron chi connectivity index (χ4n) is 3.91. The van der Waals surface area contributed by atoms with Crippen molar-refractivity contribution in [2.75, 3.05) is 6.54 Å². The molecule has 0 aliphatic heterocycles. The summed E-state index contributed by atoms with van der Waals surface area (Å²) in [4.78, 5) is 41.1. The molecule has 3 N–H and O–H groups in total. The third kappa shape index (κ3) is 4.38. The number of nitrogens with one attached hydrogen (secondary N) is 1. The summed E-state index contributed by atoms with van der Waals surface area (Å²) in [5.41, 5.74) is 1.82. The van der Waals surface area contributed by atoms with Gasteiger partial charge in [0.1, 0.15) is 0 Å². The van der Waals surface area contributed by atoms with Gasteiger partial charge in [-0.2, -0.15) is 0 Å². The van der Waals surface area contributed by atoms with Crippen LogP contribution in [0.5, 0.6) is 5.75 Å². The van der Waals surface area contributed by atoms with Crippen LogP contribution in [0.3, 0.4) is 0 Å². The van der Waals surface area contributed by atoms with Crippen LogP contribution in [0.15, 0.2) is 77.7 Å². The maximum Gasteiger partial charge on any atom is 0.305 e. The minimum absolute atomic E-state index is 0.104. The number of pyridine rings is 2. The highest BCUT2D eigenvalue weighted by molar-refractivity contribution is 6.01. The first kappa shape index (κ1) is 22.7. The Morgan fingerprint density at radius 1 is 1.06 bits per heavy atom. The third-order valence-electron chi connectivity index (χ3n) is 5.66. The van der Waals surface area contributed by atoms with E-state index in [1.165, 1.54) is 6.20 Å². The van der Waals surface area contributed by atoms with E-state index in [4.69, 9.17) is 5.11 Å². The van der Waals surface area contributed by atoms with Gasteiger partial charge < -0.3 is 15.5 Å². The number of benzene rings is 2. The minimum Gasteiger partial charge on any atom is -0.505 e. The normalized spacial score (nSPS) is 11.8. The second kappa shape index (κ2) is 9.58. The highest BCUT2D eigenvalue weighted by atomic mass is 16.4. The van der Waals surface area contributed by atoms with E-state index < -0.39 is 11.9 Å². The molecule has 0 bridgehead atoms. The number of carboxylic acids is 1. The Morgan fingerprint density at radius 2 is 1.71 bits per heavy atom. The topological polar surface area (TPSA) is 122 Å². The van der Waals surface area contributed by atoms with Crippen molar-refractivity contribution in [3.8, 4) is 16.9 Å². The molecule has 2 heterocycles. The van der Waals surface area contributed by atoms with E-state index in [1.807, 2.05) is 55.5 Å². The Kier molecular flexibility index (Phi) is 6.40. The Morgan fingerprint density at radius 3 is 2.35 bits per heavy atom. The van der Waals surface area contributed by atoms with Gasteiger partial charge in [0.15, 0.2) is 11.4 Å². The monoisotopic (exact) mass is 457 g/mol. The summed E-state index contributed by atoms with van der Waals surface area (Å²) in [5.74, 6) is -2.13. The first-order valence-corrected chi connectivity index (χ1v) is 10.8. The Labute approximate surface area is 195 Å². The maximum atomic E-state index is 13.7. The lowest BCUT2D eigenvalue weighted by Crippen LogP contribution is -2.28. The number of rotatable bonds is 7. The summed E-state index contributed by atoms with van der Waals surface area (Å²) in [6.07, 6.45) is 1.13. The molecule has 8 heteroatoms. The SMILES string of the molecule is CC(c1ccccc1)n1c(=O)c(-c2ccccc2)cc2c(O)c(C(=O)NCCC(=O)O)ncc21. The fraction of sp³-hybridized carbons (Fsp3) is 0.154. The van der Waals surface area contributed by atoms with Gasteiger partial charge in [-0.3, -0.25) is 19.0 Å². The van der Waals surface area contributed by atoms with Crippen molar-refractivity contribution in [2.24, 2.45) is 0 Å². The fourth-order valence-corrected chi connectivity index (χ4v) is 3.91. The summed E-state index contributed by atoms with van der Waals surface area (Å²) in [6.45, 7) is 1.78. The zero-order valence-electron chi connectivity index (χ0n) is 18.4. The summed E-state index contributed by atoms with van der Waals surface area (Å²) < 4.78 is 1.56. The number of fused-ring (bicyclic) bond motifs is 1. The molecule has 1 unspecified atom stereocenters. The van der Waals surface area contributed by atoms with Crippen molar-refractivity contribution >= 4 is 22.8 Å². The van der Waals surface area contributed by atoms with Crippen LogP contribution in [0.2, 0.25) is 0 Å². The van der Waals surface area contributed by atoms with Gasteiger partial charge >= 0.3 is 5.97 Å². The van der Waals surface area contributed by atoms with E-state index in [2.05, 4.69) is 10.3 Å². The molecule has 1 atom stereocenters. The van der Waals surface area contributed by atoms with Gasteiger partial charge in [0.05, 0.1) is 24.2 Å². The van der Waals surface area contributed by atoms with Gasteiger partial charge in [-0.15, -0.1) is 0 Å². The van der Waals surface area contributed by atoms with E-state index in [9.17, 15) is 19.5 Å². The number of amides is 1. The number of aromatic nitrogens is 2. The van der Waals surface area contributed by atoms with E-state index in [0.717, 1.165) is 5.56 Å². The molecule has 8 nitrogen and oxygen atoms in total. The summed E-state index contributed by atoms with van der Waals surface area (Å²) in [7, 11) is 0. The molecule has 0 radical (unpaired) electrons. The van der Waals surface area contributed by atoms with Gasteiger partial charge in [0, 0.05) is 17.5 Å². The van der Waals surface area contributed by atoms with Gasteiger partial charge in [-0.1, -0.05) is 60.7 Å². The van der Waals surface area contributed by atoms with E-state index in [1.54, 1.807) is 22.8 Å². The number of hydrogen-bond acceptors (Lipinski definition) is 5. The van der Waals surface area contributed by atoms with Crippen molar-refractivity contribution in [2.45, 2.75) is 19.4 Å². The number of nitrogens with zero attached hydrogens (tertiary/aromatic N) is 2. The van der Waals surface area contributed by atoms with Crippen LogP contribution >= 0.6 is 0 Å². The maximum absolute atomic E-state index is 13.7. The molecule has 0 aliphatic rings. The molecule has 172 valence electrons. The molecule has 0 spiro atoms. The molecule has 0 aliphatic carbocycles. The number of aliphatic carboxylic acids is 1. The van der Waals surface area contributed by atoms with E-state index in [0.29, 0.717) is 22.0 Å².